The molecule has 0 bridgehead atoms. The number of oxazole rings is 1. The summed E-state index contributed by atoms with van der Waals surface area (Å²) in [5, 5.41) is 10.3. The van der Waals surface area contributed by atoms with E-state index in [4.69, 9.17) is 4.42 Å². The van der Waals surface area contributed by atoms with Gasteiger partial charge in [0.1, 0.15) is 5.52 Å². The van der Waals surface area contributed by atoms with Gasteiger partial charge in [0, 0.05) is 0 Å². The number of nitrogens with zero attached hydrogens (tertiary/aromatic N) is 1. The van der Waals surface area contributed by atoms with Gasteiger partial charge in [-0.25, -0.2) is 4.98 Å². The number of benzene rings is 2. The molecule has 3 aromatic rings. The number of hydrogen-bond donors (Lipinski definition) is 1. The molecule has 3 nitrogen and oxygen atoms in total. The molecule has 0 aliphatic rings. The van der Waals surface area contributed by atoms with Crippen LogP contribution in [0.1, 0.15) is 18.4 Å². The Bertz CT molecular complexity index is 733. The van der Waals surface area contributed by atoms with Crippen molar-refractivity contribution in [2.45, 2.75) is 18.4 Å². The molecule has 1 N–H and O–H groups in total. The first-order valence-electron chi connectivity index (χ1n) is 6.45. The highest BCUT2D eigenvalue weighted by molar-refractivity contribution is 5.72. The molecule has 2 aromatic carbocycles. The van der Waals surface area contributed by atoms with Crippen LogP contribution in [0.3, 0.4) is 0 Å². The third-order valence-corrected chi connectivity index (χ3v) is 3.51. The van der Waals surface area contributed by atoms with E-state index in [0.29, 0.717) is 5.52 Å². The van der Waals surface area contributed by atoms with E-state index in [1.54, 1.807) is 42.5 Å². The average molecular weight is 289 g/mol. The third kappa shape index (κ3) is 2.10. The smallest absolute Gasteiger partial charge is 0.354 e. The van der Waals surface area contributed by atoms with Gasteiger partial charge < -0.3 is 9.52 Å². The second-order valence-corrected chi connectivity index (χ2v) is 5.00. The van der Waals surface area contributed by atoms with Crippen LogP contribution in [-0.4, -0.2) is 10.1 Å². The maximum atomic E-state index is 14.7. The minimum absolute atomic E-state index is 0.0947. The van der Waals surface area contributed by atoms with Crippen LogP contribution in [0, 0.1) is 0 Å². The summed E-state index contributed by atoms with van der Waals surface area (Å²) < 4.78 is 34.4. The Morgan fingerprint density at radius 3 is 2.29 bits per heavy atom. The lowest BCUT2D eigenvalue weighted by Crippen LogP contribution is -2.40. The molecule has 0 amide bonds. The Morgan fingerprint density at radius 2 is 1.62 bits per heavy atom. The predicted octanol–water partition coefficient (Wildman–Crippen LogP) is 3.83. The van der Waals surface area contributed by atoms with Crippen molar-refractivity contribution in [3.63, 3.8) is 0 Å². The van der Waals surface area contributed by atoms with Crippen molar-refractivity contribution < 1.29 is 18.3 Å². The molecule has 5 heteroatoms. The van der Waals surface area contributed by atoms with Gasteiger partial charge in [-0.2, -0.15) is 8.78 Å². The summed E-state index contributed by atoms with van der Waals surface area (Å²) in [5.41, 5.74) is -1.74. The Labute approximate surface area is 119 Å². The molecule has 3 rings (SSSR count). The average Bonchev–Trinajstić information content (AvgIpc) is 2.92. The molecule has 0 saturated heterocycles. The van der Waals surface area contributed by atoms with Crippen molar-refractivity contribution in [3.05, 3.63) is 66.1 Å². The largest absolute Gasteiger partial charge is 0.435 e. The van der Waals surface area contributed by atoms with Crippen LogP contribution >= 0.6 is 0 Å². The fraction of sp³-hybridized carbons (Fsp3) is 0.188. The number of aliphatic hydroxyl groups is 1. The van der Waals surface area contributed by atoms with Crippen LogP contribution in [0.5, 0.6) is 0 Å². The zero-order valence-corrected chi connectivity index (χ0v) is 11.3. The molecule has 0 radical (unpaired) electrons. The molecule has 21 heavy (non-hydrogen) atoms. The topological polar surface area (TPSA) is 46.3 Å². The fourth-order valence-corrected chi connectivity index (χ4v) is 2.16. The van der Waals surface area contributed by atoms with E-state index in [1.807, 2.05) is 0 Å². The molecule has 1 atom stereocenters. The number of halogens is 2. The molecule has 0 saturated carbocycles. The van der Waals surface area contributed by atoms with E-state index in [-0.39, 0.29) is 11.1 Å². The van der Waals surface area contributed by atoms with Crippen LogP contribution in [-0.2, 0) is 11.5 Å². The molecule has 1 aromatic heterocycles. The molecule has 0 aliphatic carbocycles. The zero-order chi connectivity index (χ0) is 15.1. The number of aromatic nitrogens is 1. The molecular weight excluding hydrogens is 276 g/mol. The van der Waals surface area contributed by atoms with Gasteiger partial charge in [0.15, 0.2) is 11.2 Å². The zero-order valence-electron chi connectivity index (χ0n) is 11.3. The molecule has 0 aliphatic heterocycles. The number of alkyl halides is 2. The second kappa shape index (κ2) is 4.63. The lowest BCUT2D eigenvalue weighted by molar-refractivity contribution is -0.197. The van der Waals surface area contributed by atoms with Crippen molar-refractivity contribution in [1.82, 2.24) is 4.98 Å². The van der Waals surface area contributed by atoms with Crippen LogP contribution in [0.4, 0.5) is 8.78 Å². The van der Waals surface area contributed by atoms with Crippen LogP contribution in [0.2, 0.25) is 0 Å². The van der Waals surface area contributed by atoms with Crippen LogP contribution in [0.15, 0.2) is 59.0 Å². The van der Waals surface area contributed by atoms with E-state index in [2.05, 4.69) is 4.98 Å². The summed E-state index contributed by atoms with van der Waals surface area (Å²) in [6.07, 6.45) is 0. The predicted molar refractivity (Wildman–Crippen MR) is 73.9 cm³/mol. The van der Waals surface area contributed by atoms with Gasteiger partial charge in [-0.3, -0.25) is 0 Å². The summed E-state index contributed by atoms with van der Waals surface area (Å²) >= 11 is 0. The summed E-state index contributed by atoms with van der Waals surface area (Å²) in [7, 11) is 0. The van der Waals surface area contributed by atoms with Crippen molar-refractivity contribution in [2.75, 3.05) is 0 Å². The minimum Gasteiger partial charge on any atom is -0.435 e. The maximum absolute atomic E-state index is 14.7. The van der Waals surface area contributed by atoms with Gasteiger partial charge in [-0.05, 0) is 24.6 Å². The minimum atomic E-state index is -3.66. The Hall–Kier alpha value is -2.27. The van der Waals surface area contributed by atoms with Gasteiger partial charge >= 0.3 is 5.92 Å². The normalized spacial score (nSPS) is 15.0. The SMILES string of the molecule is CC(O)(c1ccccc1)C(F)(F)c1nc2ccccc2o1. The lowest BCUT2D eigenvalue weighted by atomic mass is 9.89. The molecule has 0 fully saturated rings. The Morgan fingerprint density at radius 1 is 1.00 bits per heavy atom. The van der Waals surface area contributed by atoms with Gasteiger partial charge in [-0.1, -0.05) is 42.5 Å². The summed E-state index contributed by atoms with van der Waals surface area (Å²) in [4.78, 5) is 3.80. The lowest BCUT2D eigenvalue weighted by Gasteiger charge is -2.30. The standard InChI is InChI=1S/C16H13F2NO2/c1-15(20,11-7-3-2-4-8-11)16(17,18)14-19-12-9-5-6-10-13(12)21-14/h2-10,20H,1H3. The highest BCUT2D eigenvalue weighted by Gasteiger charge is 2.55. The van der Waals surface area contributed by atoms with E-state index < -0.39 is 17.4 Å². The summed E-state index contributed by atoms with van der Waals surface area (Å²) in [5.74, 6) is -4.45. The van der Waals surface area contributed by atoms with Gasteiger partial charge in [0.05, 0.1) is 0 Å². The molecule has 108 valence electrons. The van der Waals surface area contributed by atoms with E-state index in [9.17, 15) is 13.9 Å². The van der Waals surface area contributed by atoms with Crippen molar-refractivity contribution in [3.8, 4) is 0 Å². The number of para-hydroxylation sites is 2. The van der Waals surface area contributed by atoms with Gasteiger partial charge in [-0.15, -0.1) is 0 Å². The van der Waals surface area contributed by atoms with Crippen molar-refractivity contribution in [2.24, 2.45) is 0 Å². The first-order chi connectivity index (χ1) is 9.93. The number of rotatable bonds is 3. The highest BCUT2D eigenvalue weighted by atomic mass is 19.3. The van der Waals surface area contributed by atoms with E-state index >= 15 is 0 Å². The third-order valence-electron chi connectivity index (χ3n) is 3.51. The van der Waals surface area contributed by atoms with Crippen molar-refractivity contribution in [1.29, 1.82) is 0 Å². The molecule has 0 spiro atoms. The maximum Gasteiger partial charge on any atom is 0.354 e. The van der Waals surface area contributed by atoms with E-state index in [1.165, 1.54) is 12.1 Å². The van der Waals surface area contributed by atoms with Gasteiger partial charge in [0.25, 0.3) is 5.89 Å². The number of hydrogen-bond acceptors (Lipinski definition) is 3. The van der Waals surface area contributed by atoms with Crippen molar-refractivity contribution >= 4 is 11.1 Å². The Kier molecular flexibility index (Phi) is 3.02. The molecule has 1 heterocycles. The van der Waals surface area contributed by atoms with Crippen LogP contribution in [0.25, 0.3) is 11.1 Å². The second-order valence-electron chi connectivity index (χ2n) is 5.00. The fourth-order valence-electron chi connectivity index (χ4n) is 2.16. The quantitative estimate of drug-likeness (QED) is 0.797. The monoisotopic (exact) mass is 289 g/mol. The first kappa shape index (κ1) is 13.7. The number of fused-ring (bicyclic) bond motifs is 1. The highest BCUT2D eigenvalue weighted by Crippen LogP contribution is 2.45. The van der Waals surface area contributed by atoms with Gasteiger partial charge in [0.2, 0.25) is 0 Å². The summed E-state index contributed by atoms with van der Waals surface area (Å²) in [6.45, 7) is 1.05. The first-order valence-corrected chi connectivity index (χ1v) is 6.45. The van der Waals surface area contributed by atoms with E-state index in [0.717, 1.165) is 6.92 Å². The summed E-state index contributed by atoms with van der Waals surface area (Å²) in [6, 6.07) is 14.2. The molecular formula is C16H13F2NO2. The van der Waals surface area contributed by atoms with Crippen LogP contribution < -0.4 is 0 Å². The molecule has 1 unspecified atom stereocenters. The Balaban J connectivity index is 2.10.